The van der Waals surface area contributed by atoms with Gasteiger partial charge in [0.15, 0.2) is 16.6 Å². The first kappa shape index (κ1) is 23.7. The van der Waals surface area contributed by atoms with E-state index in [0.29, 0.717) is 5.71 Å². The smallest absolute Gasteiger partial charge is 0.298 e. The van der Waals surface area contributed by atoms with Crippen molar-refractivity contribution in [2.45, 2.75) is 6.92 Å². The number of fused-ring (bicyclic) bond motifs is 10. The van der Waals surface area contributed by atoms with Gasteiger partial charge in [0, 0.05) is 44.6 Å². The number of pyridine rings is 1. The van der Waals surface area contributed by atoms with Gasteiger partial charge >= 0.3 is 0 Å². The molecule has 0 amide bonds. The van der Waals surface area contributed by atoms with E-state index in [2.05, 4.69) is 107 Å². The second-order valence-electron chi connectivity index (χ2n) is 11.5. The number of nitrogens with zero attached hydrogens (tertiary/aromatic N) is 3. The zero-order chi connectivity index (χ0) is 29.1. The third-order valence-electron chi connectivity index (χ3n) is 9.08. The van der Waals surface area contributed by atoms with Crippen LogP contribution in [-0.2, 0) is 7.05 Å². The summed E-state index contributed by atoms with van der Waals surface area (Å²) in [6.07, 6.45) is 1.77. The number of aromatic nitrogens is 3. The molecule has 0 N–H and O–H groups in total. The Morgan fingerprint density at radius 3 is 2.20 bits per heavy atom. The van der Waals surface area contributed by atoms with Crippen molar-refractivity contribution in [2.75, 3.05) is 0 Å². The molecule has 0 atom stereocenters. The largest absolute Gasteiger partial charge is 0.456 e. The quantitative estimate of drug-likeness (QED) is 0.194. The molecule has 0 unspecified atom stereocenters. The predicted molar refractivity (Wildman–Crippen MR) is 174 cm³/mol. The maximum Gasteiger partial charge on any atom is 0.298 e. The molecule has 0 aliphatic rings. The Morgan fingerprint density at radius 1 is 0.614 bits per heavy atom. The lowest BCUT2D eigenvalue weighted by Crippen LogP contribution is -2.30. The van der Waals surface area contributed by atoms with Gasteiger partial charge in [0.05, 0.1) is 7.05 Å². The van der Waals surface area contributed by atoms with Gasteiger partial charge in [-0.15, -0.1) is 0 Å². The molecule has 5 aromatic carbocycles. The highest BCUT2D eigenvalue weighted by Gasteiger charge is 2.31. The fourth-order valence-corrected chi connectivity index (χ4v) is 7.03. The molecule has 10 aromatic rings. The standard InChI is InChI=1S/C38H24N3O3/c1-21-13-15-25-26-9-7-17-39-37(26)44-36(25)35(21)38-40(2)29-10-4-5-11-30(29)41(38)22-14-16-24-28-20-33-27(19-34(28)43-32(24)18-22)23-8-3-6-12-31(23)42-33/h3-20H,1-2H3/q+1. The van der Waals surface area contributed by atoms with Crippen LogP contribution < -0.4 is 4.57 Å². The third kappa shape index (κ3) is 3.04. The van der Waals surface area contributed by atoms with Crippen molar-refractivity contribution in [3.05, 3.63) is 115 Å². The van der Waals surface area contributed by atoms with Gasteiger partial charge in [-0.25, -0.2) is 9.55 Å². The average molecular weight is 571 g/mol. The van der Waals surface area contributed by atoms with Gasteiger partial charge in [0.25, 0.3) is 5.82 Å². The highest BCUT2D eigenvalue weighted by molar-refractivity contribution is 6.15. The molecule has 0 saturated heterocycles. The van der Waals surface area contributed by atoms with E-state index in [-0.39, 0.29) is 0 Å². The summed E-state index contributed by atoms with van der Waals surface area (Å²) in [7, 11) is 2.12. The zero-order valence-electron chi connectivity index (χ0n) is 24.0. The van der Waals surface area contributed by atoms with Gasteiger partial charge in [-0.2, -0.15) is 4.57 Å². The highest BCUT2D eigenvalue weighted by atomic mass is 16.3. The molecule has 208 valence electrons. The Labute approximate surface area is 249 Å². The van der Waals surface area contributed by atoms with Gasteiger partial charge in [0.2, 0.25) is 5.71 Å². The normalized spacial score (nSPS) is 12.3. The van der Waals surface area contributed by atoms with Gasteiger partial charge in [-0.3, -0.25) is 0 Å². The molecule has 0 fully saturated rings. The molecular formula is C38H24N3O3+. The molecule has 44 heavy (non-hydrogen) atoms. The molecule has 6 heteroatoms. The minimum Gasteiger partial charge on any atom is -0.456 e. The summed E-state index contributed by atoms with van der Waals surface area (Å²) in [6.45, 7) is 2.14. The molecule has 5 aromatic heterocycles. The fourth-order valence-electron chi connectivity index (χ4n) is 7.03. The van der Waals surface area contributed by atoms with Crippen LogP contribution in [0.2, 0.25) is 0 Å². The summed E-state index contributed by atoms with van der Waals surface area (Å²) in [5.41, 5.74) is 10.3. The van der Waals surface area contributed by atoms with Crippen molar-refractivity contribution >= 4 is 77.0 Å². The number of para-hydroxylation sites is 3. The zero-order valence-corrected chi connectivity index (χ0v) is 24.0. The molecule has 0 bridgehead atoms. The van der Waals surface area contributed by atoms with Gasteiger partial charge in [-0.1, -0.05) is 42.5 Å². The van der Waals surface area contributed by atoms with Gasteiger partial charge < -0.3 is 13.3 Å². The minimum absolute atomic E-state index is 0.641. The predicted octanol–water partition coefficient (Wildman–Crippen LogP) is 9.52. The molecule has 5 heterocycles. The lowest BCUT2D eigenvalue weighted by atomic mass is 10.0. The summed E-state index contributed by atoms with van der Waals surface area (Å²) in [6, 6.07) is 35.6. The summed E-state index contributed by atoms with van der Waals surface area (Å²) >= 11 is 0. The number of hydrogen-bond acceptors (Lipinski definition) is 4. The van der Waals surface area contributed by atoms with Crippen LogP contribution in [0.4, 0.5) is 0 Å². The van der Waals surface area contributed by atoms with E-state index >= 15 is 0 Å². The lowest BCUT2D eigenvalue weighted by molar-refractivity contribution is -0.633. The van der Waals surface area contributed by atoms with E-state index in [9.17, 15) is 0 Å². The van der Waals surface area contributed by atoms with E-state index in [1.807, 2.05) is 24.3 Å². The Bertz CT molecular complexity index is 2810. The van der Waals surface area contributed by atoms with Crippen LogP contribution >= 0.6 is 0 Å². The maximum absolute atomic E-state index is 6.55. The Morgan fingerprint density at radius 2 is 1.32 bits per heavy atom. The fraction of sp³-hybridized carbons (Fsp3) is 0.0526. The number of benzene rings is 5. The van der Waals surface area contributed by atoms with E-state index < -0.39 is 0 Å². The van der Waals surface area contributed by atoms with Gasteiger partial charge in [-0.05, 0) is 67.1 Å². The molecule has 6 nitrogen and oxygen atoms in total. The second kappa shape index (κ2) is 8.36. The van der Waals surface area contributed by atoms with Crippen LogP contribution in [0.5, 0.6) is 0 Å². The SMILES string of the molecule is Cc1ccc2c(oc3ncccc32)c1-c1n(-c2ccc3c(c2)oc2cc4c(cc23)oc2ccccc24)c2ccccc2[n+]1C. The van der Waals surface area contributed by atoms with E-state index in [1.165, 1.54) is 0 Å². The summed E-state index contributed by atoms with van der Waals surface area (Å²) in [4.78, 5) is 4.52. The summed E-state index contributed by atoms with van der Waals surface area (Å²) < 4.78 is 23.8. The van der Waals surface area contributed by atoms with Crippen LogP contribution in [0.3, 0.4) is 0 Å². The van der Waals surface area contributed by atoms with Crippen LogP contribution in [0.25, 0.3) is 94.1 Å². The first-order chi connectivity index (χ1) is 21.6. The Kier molecular flexibility index (Phi) is 4.49. The summed E-state index contributed by atoms with van der Waals surface area (Å²) in [5, 5.41) is 6.30. The van der Waals surface area contributed by atoms with Crippen molar-refractivity contribution in [1.82, 2.24) is 9.55 Å². The molecule has 0 saturated carbocycles. The van der Waals surface area contributed by atoms with Gasteiger partial charge in [0.1, 0.15) is 33.6 Å². The average Bonchev–Trinajstić information content (AvgIpc) is 3.78. The van der Waals surface area contributed by atoms with Crippen molar-refractivity contribution < 1.29 is 17.8 Å². The molecule has 0 aliphatic carbocycles. The number of furan rings is 3. The third-order valence-corrected chi connectivity index (χ3v) is 9.08. The summed E-state index contributed by atoms with van der Waals surface area (Å²) in [5.74, 6) is 1.02. The van der Waals surface area contributed by atoms with Crippen LogP contribution in [0.1, 0.15) is 5.56 Å². The van der Waals surface area contributed by atoms with Crippen LogP contribution in [0, 0.1) is 6.92 Å². The van der Waals surface area contributed by atoms with Crippen LogP contribution in [0.15, 0.2) is 123 Å². The van der Waals surface area contributed by atoms with Crippen molar-refractivity contribution in [2.24, 2.45) is 7.05 Å². The second-order valence-corrected chi connectivity index (χ2v) is 11.5. The number of aryl methyl sites for hydroxylation is 2. The monoisotopic (exact) mass is 570 g/mol. The molecule has 0 spiro atoms. The topological polar surface area (TPSA) is 61.1 Å². The lowest BCUT2D eigenvalue weighted by Gasteiger charge is -2.07. The number of hydrogen-bond donors (Lipinski definition) is 0. The first-order valence-corrected chi connectivity index (χ1v) is 14.7. The number of rotatable bonds is 2. The molecular weight excluding hydrogens is 546 g/mol. The Balaban J connectivity index is 1.26. The molecule has 0 radical (unpaired) electrons. The maximum atomic E-state index is 6.55. The van der Waals surface area contributed by atoms with Crippen molar-refractivity contribution in [3.8, 4) is 17.1 Å². The first-order valence-electron chi connectivity index (χ1n) is 14.7. The van der Waals surface area contributed by atoms with Crippen molar-refractivity contribution in [1.29, 1.82) is 0 Å². The Hall–Kier alpha value is -5.88. The van der Waals surface area contributed by atoms with E-state index in [0.717, 1.165) is 93.9 Å². The molecule has 10 rings (SSSR count). The van der Waals surface area contributed by atoms with Crippen molar-refractivity contribution in [3.63, 3.8) is 0 Å². The molecule has 0 aliphatic heterocycles. The number of imidazole rings is 1. The highest BCUT2D eigenvalue weighted by Crippen LogP contribution is 2.40. The van der Waals surface area contributed by atoms with E-state index in [1.54, 1.807) is 6.20 Å². The van der Waals surface area contributed by atoms with E-state index in [4.69, 9.17) is 13.3 Å². The van der Waals surface area contributed by atoms with Crippen LogP contribution in [-0.4, -0.2) is 9.55 Å². The minimum atomic E-state index is 0.641.